The van der Waals surface area contributed by atoms with Crippen LogP contribution in [0.25, 0.3) is 0 Å². The van der Waals surface area contributed by atoms with E-state index in [-0.39, 0.29) is 25.0 Å². The third-order valence-corrected chi connectivity index (χ3v) is 6.22. The number of nitrogens with zero attached hydrogens (tertiary/aromatic N) is 1. The van der Waals surface area contributed by atoms with Crippen molar-refractivity contribution in [1.29, 1.82) is 0 Å². The molecule has 0 saturated carbocycles. The zero-order chi connectivity index (χ0) is 21.8. The molecule has 2 aromatic rings. The maximum absolute atomic E-state index is 12.4. The number of halogens is 1. The fourth-order valence-corrected chi connectivity index (χ4v) is 3.99. The summed E-state index contributed by atoms with van der Waals surface area (Å²) in [6.45, 7) is 5.67. The maximum atomic E-state index is 12.4. The number of aryl methyl sites for hydroxylation is 2. The third kappa shape index (κ3) is 5.08. The largest absolute Gasteiger partial charge is 0.455 e. The van der Waals surface area contributed by atoms with E-state index in [1.807, 2.05) is 63.2 Å². The molecule has 0 aliphatic carbocycles. The molecule has 1 N–H and O–H groups in total. The fraction of sp³-hybridized carbons (Fsp3) is 0.348. The molecular weight excluding hydrogens is 448 g/mol. The van der Waals surface area contributed by atoms with E-state index in [1.54, 1.807) is 4.90 Å². The van der Waals surface area contributed by atoms with Crippen molar-refractivity contribution in [2.24, 2.45) is 5.92 Å². The number of hydrogen-bond acceptors (Lipinski definition) is 4. The van der Waals surface area contributed by atoms with Gasteiger partial charge in [-0.25, -0.2) is 0 Å². The van der Waals surface area contributed by atoms with Gasteiger partial charge in [0.25, 0.3) is 5.91 Å². The van der Waals surface area contributed by atoms with Crippen molar-refractivity contribution in [2.45, 2.75) is 33.2 Å². The molecule has 1 fully saturated rings. The summed E-state index contributed by atoms with van der Waals surface area (Å²) in [5.74, 6) is -1.58. The summed E-state index contributed by atoms with van der Waals surface area (Å²) in [6, 6.07) is 13.3. The number of esters is 1. The normalized spacial score (nSPS) is 17.0. The summed E-state index contributed by atoms with van der Waals surface area (Å²) in [5, 5.41) is 2.77. The second-order valence-corrected chi connectivity index (χ2v) is 8.46. The van der Waals surface area contributed by atoms with Gasteiger partial charge in [0.1, 0.15) is 0 Å². The van der Waals surface area contributed by atoms with Crippen LogP contribution in [-0.4, -0.2) is 35.8 Å². The molecule has 2 atom stereocenters. The van der Waals surface area contributed by atoms with Crippen molar-refractivity contribution >= 4 is 39.4 Å². The van der Waals surface area contributed by atoms with E-state index in [0.717, 1.165) is 21.2 Å². The summed E-state index contributed by atoms with van der Waals surface area (Å²) in [5.41, 5.74) is 3.58. The lowest BCUT2D eigenvalue weighted by Crippen LogP contribution is -2.30. The van der Waals surface area contributed by atoms with E-state index in [4.69, 9.17) is 4.74 Å². The molecule has 0 bridgehead atoms. The Morgan fingerprint density at radius 1 is 1.20 bits per heavy atom. The Labute approximate surface area is 184 Å². The highest BCUT2D eigenvalue weighted by Crippen LogP contribution is 2.29. The number of nitrogens with one attached hydrogen (secondary N) is 1. The van der Waals surface area contributed by atoms with Gasteiger partial charge < -0.3 is 15.0 Å². The predicted molar refractivity (Wildman–Crippen MR) is 118 cm³/mol. The lowest BCUT2D eigenvalue weighted by atomic mass is 10.1. The molecule has 3 rings (SSSR count). The van der Waals surface area contributed by atoms with Crippen LogP contribution in [-0.2, 0) is 19.1 Å². The first-order chi connectivity index (χ1) is 14.3. The Kier molecular flexibility index (Phi) is 6.92. The first-order valence-corrected chi connectivity index (χ1v) is 10.6. The van der Waals surface area contributed by atoms with Gasteiger partial charge in [-0.05, 0) is 49.6 Å². The van der Waals surface area contributed by atoms with Crippen molar-refractivity contribution in [3.63, 3.8) is 0 Å². The molecule has 0 spiro atoms. The Morgan fingerprint density at radius 2 is 1.90 bits per heavy atom. The van der Waals surface area contributed by atoms with E-state index < -0.39 is 17.8 Å². The standard InChI is InChI=1S/C23H25BrN2O4/c1-14-10-20(15(2)9-19(14)24)25-21(27)13-30-23(29)18-11-22(28)26(12-18)16(3)17-7-5-4-6-8-17/h4-10,16,18H,11-13H2,1-3H3,(H,25,27)/t16-,18+/m0/s1. The van der Waals surface area contributed by atoms with Gasteiger partial charge in [-0.15, -0.1) is 0 Å². The average molecular weight is 473 g/mol. The van der Waals surface area contributed by atoms with Crippen molar-refractivity contribution in [1.82, 2.24) is 4.90 Å². The zero-order valence-corrected chi connectivity index (χ0v) is 18.9. The molecule has 2 amide bonds. The van der Waals surface area contributed by atoms with Gasteiger partial charge in [0, 0.05) is 23.1 Å². The Morgan fingerprint density at radius 3 is 2.60 bits per heavy atom. The minimum Gasteiger partial charge on any atom is -0.455 e. The SMILES string of the molecule is Cc1cc(NC(=O)COC(=O)[C@@H]2CC(=O)N([C@@H](C)c3ccccc3)C2)c(C)cc1Br. The number of anilines is 1. The van der Waals surface area contributed by atoms with E-state index >= 15 is 0 Å². The van der Waals surface area contributed by atoms with Crippen molar-refractivity contribution in [3.05, 3.63) is 63.6 Å². The molecule has 0 unspecified atom stereocenters. The Balaban J connectivity index is 1.53. The summed E-state index contributed by atoms with van der Waals surface area (Å²) < 4.78 is 6.16. The van der Waals surface area contributed by atoms with Gasteiger partial charge in [-0.2, -0.15) is 0 Å². The lowest BCUT2D eigenvalue weighted by molar-refractivity contribution is -0.151. The molecule has 2 aromatic carbocycles. The zero-order valence-electron chi connectivity index (χ0n) is 17.3. The van der Waals surface area contributed by atoms with Crippen LogP contribution in [0.4, 0.5) is 5.69 Å². The van der Waals surface area contributed by atoms with Gasteiger partial charge in [-0.3, -0.25) is 14.4 Å². The summed E-state index contributed by atoms with van der Waals surface area (Å²) in [4.78, 5) is 38.8. The molecule has 1 heterocycles. The Hall–Kier alpha value is -2.67. The third-order valence-electron chi connectivity index (χ3n) is 5.37. The number of ether oxygens (including phenoxy) is 1. The number of carbonyl (C=O) groups is 3. The average Bonchev–Trinajstić information content (AvgIpc) is 3.12. The van der Waals surface area contributed by atoms with Gasteiger partial charge in [0.2, 0.25) is 5.91 Å². The van der Waals surface area contributed by atoms with Crippen LogP contribution in [0.1, 0.15) is 36.1 Å². The highest BCUT2D eigenvalue weighted by atomic mass is 79.9. The topological polar surface area (TPSA) is 75.7 Å². The molecule has 0 radical (unpaired) electrons. The number of carbonyl (C=O) groups excluding carboxylic acids is 3. The van der Waals surface area contributed by atoms with Crippen LogP contribution in [0.5, 0.6) is 0 Å². The van der Waals surface area contributed by atoms with E-state index in [1.165, 1.54) is 0 Å². The summed E-state index contributed by atoms with van der Waals surface area (Å²) in [7, 11) is 0. The molecule has 1 saturated heterocycles. The minimum absolute atomic E-state index is 0.0845. The number of likely N-dealkylation sites (tertiary alicyclic amines) is 1. The summed E-state index contributed by atoms with van der Waals surface area (Å²) >= 11 is 3.45. The highest BCUT2D eigenvalue weighted by Gasteiger charge is 2.38. The number of rotatable bonds is 6. The fourth-order valence-electron chi connectivity index (χ4n) is 3.53. The molecule has 1 aliphatic rings. The van der Waals surface area contributed by atoms with Crippen LogP contribution in [0.15, 0.2) is 46.9 Å². The van der Waals surface area contributed by atoms with Crippen LogP contribution in [0.3, 0.4) is 0 Å². The second kappa shape index (κ2) is 9.43. The smallest absolute Gasteiger partial charge is 0.311 e. The van der Waals surface area contributed by atoms with Gasteiger partial charge >= 0.3 is 5.97 Å². The number of hydrogen-bond donors (Lipinski definition) is 1. The first kappa shape index (κ1) is 22.0. The quantitative estimate of drug-likeness (QED) is 0.640. The van der Waals surface area contributed by atoms with Crippen LogP contribution in [0, 0.1) is 19.8 Å². The van der Waals surface area contributed by atoms with Crippen molar-refractivity contribution < 1.29 is 19.1 Å². The monoisotopic (exact) mass is 472 g/mol. The van der Waals surface area contributed by atoms with E-state index in [0.29, 0.717) is 12.2 Å². The molecule has 1 aliphatic heterocycles. The van der Waals surface area contributed by atoms with E-state index in [9.17, 15) is 14.4 Å². The second-order valence-electron chi connectivity index (χ2n) is 7.61. The van der Waals surface area contributed by atoms with Gasteiger partial charge in [0.05, 0.1) is 12.0 Å². The molecule has 6 nitrogen and oxygen atoms in total. The Bertz CT molecular complexity index is 961. The highest BCUT2D eigenvalue weighted by molar-refractivity contribution is 9.10. The predicted octanol–water partition coefficient (Wildman–Crippen LogP) is 4.16. The molecule has 30 heavy (non-hydrogen) atoms. The molecule has 7 heteroatoms. The van der Waals surface area contributed by atoms with Crippen LogP contribution < -0.4 is 5.32 Å². The van der Waals surface area contributed by atoms with Crippen molar-refractivity contribution in [2.75, 3.05) is 18.5 Å². The van der Waals surface area contributed by atoms with Crippen molar-refractivity contribution in [3.8, 4) is 0 Å². The minimum atomic E-state index is -0.562. The van der Waals surface area contributed by atoms with E-state index in [2.05, 4.69) is 21.2 Å². The van der Waals surface area contributed by atoms with Crippen LogP contribution in [0.2, 0.25) is 0 Å². The van der Waals surface area contributed by atoms with Gasteiger partial charge in [0.15, 0.2) is 6.61 Å². The lowest BCUT2D eigenvalue weighted by Gasteiger charge is -2.25. The number of amides is 2. The summed E-state index contributed by atoms with van der Waals surface area (Å²) in [6.07, 6.45) is 0.0998. The number of benzene rings is 2. The first-order valence-electron chi connectivity index (χ1n) is 9.84. The van der Waals surface area contributed by atoms with Gasteiger partial charge in [-0.1, -0.05) is 46.3 Å². The maximum Gasteiger partial charge on any atom is 0.311 e. The molecule has 158 valence electrons. The molecule has 0 aromatic heterocycles. The molecular formula is C23H25BrN2O4. The van der Waals surface area contributed by atoms with Crippen LogP contribution >= 0.6 is 15.9 Å².